The molecule has 0 aliphatic rings. The first-order chi connectivity index (χ1) is 11.2. The van der Waals surface area contributed by atoms with Crippen molar-refractivity contribution in [1.82, 2.24) is 14.9 Å². The highest BCUT2D eigenvalue weighted by Gasteiger charge is 2.08. The van der Waals surface area contributed by atoms with Crippen molar-refractivity contribution < 1.29 is 4.74 Å². The third kappa shape index (κ3) is 3.40. The Morgan fingerprint density at radius 2 is 1.96 bits per heavy atom. The van der Waals surface area contributed by atoms with Gasteiger partial charge in [0, 0.05) is 15.6 Å². The summed E-state index contributed by atoms with van der Waals surface area (Å²) >= 11 is 8.76. The highest BCUT2D eigenvalue weighted by Crippen LogP contribution is 2.21. The average molecular weight is 389 g/mol. The van der Waals surface area contributed by atoms with Gasteiger partial charge >= 0.3 is 0 Å². The van der Waals surface area contributed by atoms with Crippen LogP contribution in [0.3, 0.4) is 0 Å². The Labute approximate surface area is 146 Å². The van der Waals surface area contributed by atoms with E-state index in [4.69, 9.17) is 17.0 Å². The molecule has 116 valence electrons. The van der Waals surface area contributed by atoms with Gasteiger partial charge in [0.1, 0.15) is 5.75 Å². The second-order valence-electron chi connectivity index (χ2n) is 4.66. The first-order valence-corrected chi connectivity index (χ1v) is 8.00. The molecule has 3 aromatic rings. The summed E-state index contributed by atoms with van der Waals surface area (Å²) in [6, 6.07) is 15.4. The maximum absolute atomic E-state index is 5.26. The van der Waals surface area contributed by atoms with Gasteiger partial charge in [-0.1, -0.05) is 34.1 Å². The van der Waals surface area contributed by atoms with Crippen LogP contribution in [0.2, 0.25) is 0 Å². The van der Waals surface area contributed by atoms with E-state index in [0.717, 1.165) is 21.3 Å². The van der Waals surface area contributed by atoms with Gasteiger partial charge in [-0.2, -0.15) is 14.9 Å². The molecule has 0 bridgehead atoms. The van der Waals surface area contributed by atoms with Crippen molar-refractivity contribution in [3.05, 3.63) is 63.3 Å². The number of benzene rings is 2. The first-order valence-electron chi connectivity index (χ1n) is 6.80. The summed E-state index contributed by atoms with van der Waals surface area (Å²) in [6.07, 6.45) is 1.74. The van der Waals surface area contributed by atoms with Crippen molar-refractivity contribution in [2.75, 3.05) is 7.11 Å². The Morgan fingerprint density at radius 3 is 2.65 bits per heavy atom. The van der Waals surface area contributed by atoms with Gasteiger partial charge in [-0.05, 0) is 42.5 Å². The zero-order valence-corrected chi connectivity index (χ0v) is 14.6. The van der Waals surface area contributed by atoms with E-state index < -0.39 is 0 Å². The lowest BCUT2D eigenvalue weighted by atomic mass is 10.2. The zero-order valence-electron chi connectivity index (χ0n) is 12.2. The number of aromatic amines is 1. The molecule has 0 aliphatic carbocycles. The lowest BCUT2D eigenvalue weighted by Crippen LogP contribution is -1.95. The maximum Gasteiger partial charge on any atom is 0.216 e. The fraction of sp³-hybridized carbons (Fsp3) is 0.0625. The van der Waals surface area contributed by atoms with E-state index in [9.17, 15) is 0 Å². The molecule has 5 nitrogen and oxygen atoms in total. The van der Waals surface area contributed by atoms with Gasteiger partial charge in [-0.15, -0.1) is 0 Å². The minimum atomic E-state index is 0.430. The van der Waals surface area contributed by atoms with Crippen molar-refractivity contribution in [2.24, 2.45) is 5.10 Å². The third-order valence-corrected chi connectivity index (χ3v) is 4.20. The molecule has 0 saturated heterocycles. The molecule has 3 rings (SSSR count). The Kier molecular flexibility index (Phi) is 4.68. The largest absolute Gasteiger partial charge is 0.497 e. The maximum atomic E-state index is 5.26. The molecule has 23 heavy (non-hydrogen) atoms. The number of methoxy groups -OCH3 is 1. The van der Waals surface area contributed by atoms with E-state index in [1.165, 1.54) is 0 Å². The molecule has 2 aromatic carbocycles. The number of rotatable bonds is 4. The van der Waals surface area contributed by atoms with Crippen molar-refractivity contribution in [1.29, 1.82) is 0 Å². The van der Waals surface area contributed by atoms with Crippen LogP contribution in [0.4, 0.5) is 0 Å². The van der Waals surface area contributed by atoms with E-state index in [2.05, 4.69) is 31.2 Å². The number of nitrogens with one attached hydrogen (secondary N) is 1. The van der Waals surface area contributed by atoms with Gasteiger partial charge in [0.15, 0.2) is 5.82 Å². The molecule has 1 N–H and O–H groups in total. The van der Waals surface area contributed by atoms with Gasteiger partial charge in [0.05, 0.1) is 13.3 Å². The lowest BCUT2D eigenvalue weighted by molar-refractivity contribution is 0.415. The predicted molar refractivity (Wildman–Crippen MR) is 96.5 cm³/mol. The Bertz CT molecular complexity index is 899. The van der Waals surface area contributed by atoms with Crippen LogP contribution in [-0.4, -0.2) is 28.2 Å². The van der Waals surface area contributed by atoms with Gasteiger partial charge in [0.2, 0.25) is 4.77 Å². The SMILES string of the molecule is COc1ccc(-c2n[nH]c(=S)n2N=Cc2ccccc2Br)cc1. The molecule has 0 unspecified atom stereocenters. The quantitative estimate of drug-likeness (QED) is 0.536. The minimum absolute atomic E-state index is 0.430. The summed E-state index contributed by atoms with van der Waals surface area (Å²) in [7, 11) is 1.63. The number of H-pyrrole nitrogens is 1. The summed E-state index contributed by atoms with van der Waals surface area (Å²) in [6.45, 7) is 0. The summed E-state index contributed by atoms with van der Waals surface area (Å²) < 4.78 is 8.15. The van der Waals surface area contributed by atoms with Crippen LogP contribution < -0.4 is 4.74 Å². The van der Waals surface area contributed by atoms with Crippen LogP contribution in [0.1, 0.15) is 5.56 Å². The lowest BCUT2D eigenvalue weighted by Gasteiger charge is -2.03. The number of nitrogens with zero attached hydrogens (tertiary/aromatic N) is 3. The molecule has 0 aliphatic heterocycles. The highest BCUT2D eigenvalue weighted by atomic mass is 79.9. The number of halogens is 1. The van der Waals surface area contributed by atoms with E-state index >= 15 is 0 Å². The van der Waals surface area contributed by atoms with E-state index in [0.29, 0.717) is 10.6 Å². The Hall–Kier alpha value is -2.25. The molecular weight excluding hydrogens is 376 g/mol. The van der Waals surface area contributed by atoms with Crippen molar-refractivity contribution in [2.45, 2.75) is 0 Å². The van der Waals surface area contributed by atoms with Gasteiger partial charge in [-0.3, -0.25) is 0 Å². The monoisotopic (exact) mass is 388 g/mol. The van der Waals surface area contributed by atoms with Crippen molar-refractivity contribution >= 4 is 34.4 Å². The summed E-state index contributed by atoms with van der Waals surface area (Å²) in [5.41, 5.74) is 1.85. The van der Waals surface area contributed by atoms with Gasteiger partial charge in [-0.25, -0.2) is 5.10 Å². The first kappa shape index (κ1) is 15.6. The average Bonchev–Trinajstić information content (AvgIpc) is 2.95. The molecular formula is C16H13BrN4OS. The second-order valence-corrected chi connectivity index (χ2v) is 5.90. The summed E-state index contributed by atoms with van der Waals surface area (Å²) in [4.78, 5) is 0. The number of hydrogen-bond acceptors (Lipinski definition) is 4. The predicted octanol–water partition coefficient (Wildman–Crippen LogP) is 4.26. The molecule has 1 aromatic heterocycles. The molecule has 0 fully saturated rings. The molecule has 7 heteroatoms. The van der Waals surface area contributed by atoms with Crippen LogP contribution in [0.25, 0.3) is 11.4 Å². The molecule has 0 atom stereocenters. The van der Waals surface area contributed by atoms with E-state index in [-0.39, 0.29) is 0 Å². The van der Waals surface area contributed by atoms with Crippen LogP contribution >= 0.6 is 28.1 Å². The van der Waals surface area contributed by atoms with Gasteiger partial charge < -0.3 is 4.74 Å². The Morgan fingerprint density at radius 1 is 1.22 bits per heavy atom. The van der Waals surface area contributed by atoms with Crippen LogP contribution in [0, 0.1) is 4.77 Å². The summed E-state index contributed by atoms with van der Waals surface area (Å²) in [5, 5.41) is 11.5. The fourth-order valence-electron chi connectivity index (χ4n) is 2.03. The molecule has 0 spiro atoms. The van der Waals surface area contributed by atoms with Crippen LogP contribution in [-0.2, 0) is 0 Å². The van der Waals surface area contributed by atoms with Crippen LogP contribution in [0.15, 0.2) is 58.1 Å². The standard InChI is InChI=1S/C16H13BrN4OS/c1-22-13-8-6-11(7-9-13)15-19-20-16(23)21(15)18-10-12-4-2-3-5-14(12)17/h2-10H,1H3,(H,20,23). The van der Waals surface area contributed by atoms with E-state index in [1.54, 1.807) is 18.0 Å². The normalized spacial score (nSPS) is 11.0. The third-order valence-electron chi connectivity index (χ3n) is 3.22. The second kappa shape index (κ2) is 6.89. The molecule has 0 saturated carbocycles. The van der Waals surface area contributed by atoms with E-state index in [1.807, 2.05) is 48.5 Å². The number of aromatic nitrogens is 3. The van der Waals surface area contributed by atoms with Gasteiger partial charge in [0.25, 0.3) is 0 Å². The number of hydrogen-bond donors (Lipinski definition) is 1. The fourth-order valence-corrected chi connectivity index (χ4v) is 2.59. The zero-order chi connectivity index (χ0) is 16.2. The van der Waals surface area contributed by atoms with Crippen LogP contribution in [0.5, 0.6) is 5.75 Å². The summed E-state index contributed by atoms with van der Waals surface area (Å²) in [5.74, 6) is 1.42. The van der Waals surface area contributed by atoms with Crippen molar-refractivity contribution in [3.8, 4) is 17.1 Å². The molecule has 0 amide bonds. The smallest absolute Gasteiger partial charge is 0.216 e. The van der Waals surface area contributed by atoms with Crippen molar-refractivity contribution in [3.63, 3.8) is 0 Å². The number of ether oxygens (including phenoxy) is 1. The minimum Gasteiger partial charge on any atom is -0.497 e. The molecule has 0 radical (unpaired) electrons. The topological polar surface area (TPSA) is 55.2 Å². The highest BCUT2D eigenvalue weighted by molar-refractivity contribution is 9.10. The Balaban J connectivity index is 1.99. The molecule has 1 heterocycles.